The first-order valence-electron chi connectivity index (χ1n) is 5.07. The number of rotatable bonds is 2. The fraction of sp³-hybridized carbons (Fsp3) is 0. The van der Waals surface area contributed by atoms with Crippen LogP contribution in [0, 0.1) is 0 Å². The molecule has 2 aromatic carbocycles. The van der Waals surface area contributed by atoms with E-state index >= 15 is 0 Å². The van der Waals surface area contributed by atoms with E-state index in [1.54, 1.807) is 12.1 Å². The predicted molar refractivity (Wildman–Crippen MR) is 72.2 cm³/mol. The van der Waals surface area contributed by atoms with Crippen molar-refractivity contribution in [3.05, 3.63) is 47.5 Å². The van der Waals surface area contributed by atoms with Crippen LogP contribution in [0.25, 0.3) is 0 Å². The maximum Gasteiger partial charge on any atom is 0.208 e. The van der Waals surface area contributed by atoms with E-state index in [4.69, 9.17) is 23.1 Å². The predicted octanol–water partition coefficient (Wildman–Crippen LogP) is 2.34. The quantitative estimate of drug-likeness (QED) is 0.828. The molecule has 0 unspecified atom stereocenters. The van der Waals surface area contributed by atoms with E-state index < -0.39 is 9.84 Å². The first kappa shape index (κ1) is 12.7. The lowest BCUT2D eigenvalue weighted by molar-refractivity contribution is 0.596. The minimum Gasteiger partial charge on any atom is -0.398 e. The van der Waals surface area contributed by atoms with E-state index in [9.17, 15) is 8.42 Å². The number of para-hydroxylation sites is 1. The molecule has 18 heavy (non-hydrogen) atoms. The first-order valence-corrected chi connectivity index (χ1v) is 6.93. The van der Waals surface area contributed by atoms with Gasteiger partial charge >= 0.3 is 0 Å². The van der Waals surface area contributed by atoms with Gasteiger partial charge in [-0.25, -0.2) is 8.42 Å². The molecule has 94 valence electrons. The maximum atomic E-state index is 12.3. The van der Waals surface area contributed by atoms with Gasteiger partial charge in [-0.1, -0.05) is 23.7 Å². The van der Waals surface area contributed by atoms with Crippen LogP contribution in [0.5, 0.6) is 0 Å². The minimum atomic E-state index is -3.67. The number of nitrogens with two attached hydrogens (primary N) is 2. The Morgan fingerprint density at radius 1 is 0.944 bits per heavy atom. The summed E-state index contributed by atoms with van der Waals surface area (Å²) in [4.78, 5) is 0.130. The van der Waals surface area contributed by atoms with Gasteiger partial charge in [0.25, 0.3) is 0 Å². The van der Waals surface area contributed by atoms with E-state index in [2.05, 4.69) is 0 Å². The van der Waals surface area contributed by atoms with Crippen molar-refractivity contribution < 1.29 is 8.42 Å². The zero-order valence-electron chi connectivity index (χ0n) is 9.30. The summed E-state index contributed by atoms with van der Waals surface area (Å²) in [5.41, 5.74) is 11.8. The third-order valence-corrected chi connectivity index (χ3v) is 4.64. The molecule has 0 aliphatic carbocycles. The highest BCUT2D eigenvalue weighted by Crippen LogP contribution is 2.29. The summed E-state index contributed by atoms with van der Waals surface area (Å²) in [5, 5.41) is 0.200. The summed E-state index contributed by atoms with van der Waals surface area (Å²) in [5.74, 6) is 0. The Morgan fingerprint density at radius 2 is 1.61 bits per heavy atom. The Hall–Kier alpha value is -1.72. The molecule has 4 N–H and O–H groups in total. The average molecular weight is 283 g/mol. The normalized spacial score (nSPS) is 11.4. The van der Waals surface area contributed by atoms with Crippen molar-refractivity contribution in [2.75, 3.05) is 11.5 Å². The standard InChI is InChI=1S/C12H11ClN2O2S/c13-9-7-8(5-6-10(9)14)18(16,17)12-4-2-1-3-11(12)15/h1-7H,14-15H2. The van der Waals surface area contributed by atoms with Crippen molar-refractivity contribution in [2.24, 2.45) is 0 Å². The molecule has 0 atom stereocenters. The van der Waals surface area contributed by atoms with Gasteiger partial charge in [-0.3, -0.25) is 0 Å². The Morgan fingerprint density at radius 3 is 2.22 bits per heavy atom. The number of anilines is 2. The zero-order valence-corrected chi connectivity index (χ0v) is 10.9. The Balaban J connectivity index is 2.62. The van der Waals surface area contributed by atoms with Gasteiger partial charge < -0.3 is 11.5 Å². The smallest absolute Gasteiger partial charge is 0.208 e. The monoisotopic (exact) mass is 282 g/mol. The van der Waals surface area contributed by atoms with Crippen LogP contribution in [0.15, 0.2) is 52.3 Å². The minimum absolute atomic E-state index is 0.0610. The van der Waals surface area contributed by atoms with Gasteiger partial charge in [-0.05, 0) is 30.3 Å². The molecule has 0 saturated heterocycles. The highest BCUT2D eigenvalue weighted by molar-refractivity contribution is 7.91. The van der Waals surface area contributed by atoms with Gasteiger partial charge in [0, 0.05) is 0 Å². The molecule has 0 fully saturated rings. The summed E-state index contributed by atoms with van der Waals surface area (Å²) in [6.07, 6.45) is 0. The number of hydrogen-bond acceptors (Lipinski definition) is 4. The Labute approximate surface area is 110 Å². The van der Waals surface area contributed by atoms with Crippen molar-refractivity contribution >= 4 is 32.8 Å². The molecule has 0 amide bonds. The lowest BCUT2D eigenvalue weighted by Gasteiger charge is -2.08. The molecule has 0 saturated carbocycles. The molecular weight excluding hydrogens is 272 g/mol. The average Bonchev–Trinajstić information content (AvgIpc) is 2.33. The van der Waals surface area contributed by atoms with E-state index in [1.165, 1.54) is 30.3 Å². The van der Waals surface area contributed by atoms with Crippen LogP contribution >= 0.6 is 11.6 Å². The number of sulfone groups is 1. The Bertz CT molecular complexity index is 699. The molecule has 0 aliphatic heterocycles. The van der Waals surface area contributed by atoms with Gasteiger partial charge in [0.1, 0.15) is 0 Å². The van der Waals surface area contributed by atoms with Crippen LogP contribution in [0.4, 0.5) is 11.4 Å². The number of hydrogen-bond donors (Lipinski definition) is 2. The van der Waals surface area contributed by atoms with Crippen molar-refractivity contribution in [2.45, 2.75) is 9.79 Å². The highest BCUT2D eigenvalue weighted by atomic mass is 35.5. The van der Waals surface area contributed by atoms with Crippen LogP contribution in [-0.4, -0.2) is 8.42 Å². The third-order valence-electron chi connectivity index (χ3n) is 2.49. The van der Waals surface area contributed by atoms with Crippen LogP contribution in [0.2, 0.25) is 5.02 Å². The van der Waals surface area contributed by atoms with Crippen molar-refractivity contribution in [3.63, 3.8) is 0 Å². The van der Waals surface area contributed by atoms with Crippen LogP contribution < -0.4 is 11.5 Å². The molecule has 2 aromatic rings. The summed E-state index contributed by atoms with van der Waals surface area (Å²) in [6, 6.07) is 10.4. The summed E-state index contributed by atoms with van der Waals surface area (Å²) < 4.78 is 24.7. The molecule has 4 nitrogen and oxygen atoms in total. The summed E-state index contributed by atoms with van der Waals surface area (Å²) in [6.45, 7) is 0. The van der Waals surface area contributed by atoms with Gasteiger partial charge in [-0.2, -0.15) is 0 Å². The largest absolute Gasteiger partial charge is 0.398 e. The molecule has 6 heteroatoms. The number of benzene rings is 2. The molecule has 2 rings (SSSR count). The fourth-order valence-corrected chi connectivity index (χ4v) is 3.18. The summed E-state index contributed by atoms with van der Waals surface area (Å²) in [7, 11) is -3.67. The summed E-state index contributed by atoms with van der Waals surface area (Å²) >= 11 is 5.83. The van der Waals surface area contributed by atoms with E-state index in [0.29, 0.717) is 5.69 Å². The van der Waals surface area contributed by atoms with Crippen LogP contribution in [0.3, 0.4) is 0 Å². The van der Waals surface area contributed by atoms with Gasteiger partial charge in [0.05, 0.1) is 26.2 Å². The van der Waals surface area contributed by atoms with E-state index in [1.807, 2.05) is 0 Å². The molecule has 0 aromatic heterocycles. The van der Waals surface area contributed by atoms with Gasteiger partial charge in [0.2, 0.25) is 9.84 Å². The second kappa shape index (κ2) is 4.51. The molecule has 0 radical (unpaired) electrons. The van der Waals surface area contributed by atoms with Gasteiger partial charge in [-0.15, -0.1) is 0 Å². The van der Waals surface area contributed by atoms with Crippen molar-refractivity contribution in [3.8, 4) is 0 Å². The Kier molecular flexibility index (Phi) is 3.19. The second-order valence-electron chi connectivity index (χ2n) is 3.72. The van der Waals surface area contributed by atoms with E-state index in [-0.39, 0.29) is 20.5 Å². The lowest BCUT2D eigenvalue weighted by Crippen LogP contribution is -2.05. The topological polar surface area (TPSA) is 86.2 Å². The fourth-order valence-electron chi connectivity index (χ4n) is 1.53. The van der Waals surface area contributed by atoms with Crippen molar-refractivity contribution in [1.82, 2.24) is 0 Å². The van der Waals surface area contributed by atoms with Gasteiger partial charge in [0.15, 0.2) is 0 Å². The maximum absolute atomic E-state index is 12.3. The first-order chi connectivity index (χ1) is 8.43. The zero-order chi connectivity index (χ0) is 13.3. The molecular formula is C12H11ClN2O2S. The second-order valence-corrected chi connectivity index (χ2v) is 6.05. The number of nitrogen functional groups attached to an aromatic ring is 2. The molecule has 0 bridgehead atoms. The highest BCUT2D eigenvalue weighted by Gasteiger charge is 2.20. The van der Waals surface area contributed by atoms with Crippen LogP contribution in [0.1, 0.15) is 0 Å². The number of halogens is 1. The lowest BCUT2D eigenvalue weighted by atomic mass is 10.3. The molecule has 0 spiro atoms. The van der Waals surface area contributed by atoms with Crippen molar-refractivity contribution in [1.29, 1.82) is 0 Å². The SMILES string of the molecule is Nc1ccc(S(=O)(=O)c2ccccc2N)cc1Cl. The third kappa shape index (κ3) is 2.14. The van der Waals surface area contributed by atoms with E-state index in [0.717, 1.165) is 0 Å². The molecule has 0 heterocycles. The molecule has 0 aliphatic rings. The van der Waals surface area contributed by atoms with Crippen LogP contribution in [-0.2, 0) is 9.84 Å².